The Bertz CT molecular complexity index is 545. The molecule has 3 rings (SSSR count). The largest absolute Gasteiger partial charge is 0.334 e. The van der Waals surface area contributed by atoms with E-state index in [1.165, 1.54) is 43.2 Å². The van der Waals surface area contributed by atoms with Crippen molar-refractivity contribution in [1.29, 1.82) is 0 Å². The van der Waals surface area contributed by atoms with E-state index in [9.17, 15) is 4.79 Å². The van der Waals surface area contributed by atoms with Crippen molar-refractivity contribution < 1.29 is 4.79 Å². The molecule has 0 radical (unpaired) electrons. The van der Waals surface area contributed by atoms with E-state index in [1.807, 2.05) is 7.05 Å². The standard InChI is InChI=1S/C21H33N3O/c1-17-3-5-19(6-4-17)15-24(20-7-8-20)21(25)16-23-13-10-18(11-14-23)9-12-22-2/h3-6,18,20,22H,7-16H2,1-2H3. The number of likely N-dealkylation sites (tertiary alicyclic amines) is 1. The van der Waals surface area contributed by atoms with Gasteiger partial charge in [-0.3, -0.25) is 9.69 Å². The molecule has 1 saturated heterocycles. The van der Waals surface area contributed by atoms with Gasteiger partial charge in [-0.25, -0.2) is 0 Å². The van der Waals surface area contributed by atoms with Crippen LogP contribution >= 0.6 is 0 Å². The van der Waals surface area contributed by atoms with Gasteiger partial charge in [-0.15, -0.1) is 0 Å². The first-order valence-electron chi connectivity index (χ1n) is 9.87. The Hall–Kier alpha value is -1.39. The highest BCUT2D eigenvalue weighted by Crippen LogP contribution is 2.29. The molecular weight excluding hydrogens is 310 g/mol. The number of amides is 1. The molecule has 1 aromatic carbocycles. The number of carbonyl (C=O) groups is 1. The summed E-state index contributed by atoms with van der Waals surface area (Å²) in [5, 5.41) is 3.24. The van der Waals surface area contributed by atoms with Crippen molar-refractivity contribution in [2.45, 2.75) is 51.6 Å². The average Bonchev–Trinajstić information content (AvgIpc) is 3.45. The van der Waals surface area contributed by atoms with Crippen LogP contribution in [0.3, 0.4) is 0 Å². The van der Waals surface area contributed by atoms with Crippen molar-refractivity contribution in [3.63, 3.8) is 0 Å². The third kappa shape index (κ3) is 5.55. The van der Waals surface area contributed by atoms with Crippen LogP contribution in [0.15, 0.2) is 24.3 Å². The fourth-order valence-electron chi connectivity index (χ4n) is 3.76. The average molecular weight is 344 g/mol. The van der Waals surface area contributed by atoms with Crippen molar-refractivity contribution in [2.75, 3.05) is 33.2 Å². The summed E-state index contributed by atoms with van der Waals surface area (Å²) in [5.74, 6) is 1.14. The molecule has 4 heteroatoms. The minimum atomic E-state index is 0.316. The van der Waals surface area contributed by atoms with Crippen LogP contribution in [-0.4, -0.2) is 55.0 Å². The fraction of sp³-hybridized carbons (Fsp3) is 0.667. The summed E-state index contributed by atoms with van der Waals surface area (Å²) in [5.41, 5.74) is 2.52. The number of nitrogens with one attached hydrogen (secondary N) is 1. The molecule has 1 N–H and O–H groups in total. The first-order valence-corrected chi connectivity index (χ1v) is 9.87. The monoisotopic (exact) mass is 343 g/mol. The summed E-state index contributed by atoms with van der Waals surface area (Å²) in [4.78, 5) is 17.4. The van der Waals surface area contributed by atoms with Crippen molar-refractivity contribution in [3.05, 3.63) is 35.4 Å². The molecule has 1 aliphatic heterocycles. The van der Waals surface area contributed by atoms with Crippen LogP contribution in [0.2, 0.25) is 0 Å². The van der Waals surface area contributed by atoms with Crippen LogP contribution in [0.25, 0.3) is 0 Å². The number of nitrogens with zero attached hydrogens (tertiary/aromatic N) is 2. The number of piperidine rings is 1. The van der Waals surface area contributed by atoms with Crippen molar-refractivity contribution in [1.82, 2.24) is 15.1 Å². The second-order valence-corrected chi connectivity index (χ2v) is 7.85. The van der Waals surface area contributed by atoms with E-state index in [-0.39, 0.29) is 0 Å². The van der Waals surface area contributed by atoms with Crippen LogP contribution < -0.4 is 5.32 Å². The van der Waals surface area contributed by atoms with Gasteiger partial charge in [0.05, 0.1) is 6.54 Å². The second-order valence-electron chi connectivity index (χ2n) is 7.85. The molecule has 0 aromatic heterocycles. The zero-order valence-electron chi connectivity index (χ0n) is 15.8. The summed E-state index contributed by atoms with van der Waals surface area (Å²) >= 11 is 0. The number of rotatable bonds is 8. The zero-order chi connectivity index (χ0) is 17.6. The zero-order valence-corrected chi connectivity index (χ0v) is 15.8. The number of carbonyl (C=O) groups excluding carboxylic acids is 1. The van der Waals surface area contributed by atoms with Crippen LogP contribution in [-0.2, 0) is 11.3 Å². The first kappa shape index (κ1) is 18.4. The van der Waals surface area contributed by atoms with Crippen LogP contribution in [0, 0.1) is 12.8 Å². The van der Waals surface area contributed by atoms with Crippen LogP contribution in [0.1, 0.15) is 43.2 Å². The Morgan fingerprint density at radius 1 is 1.16 bits per heavy atom. The molecule has 0 bridgehead atoms. The highest BCUT2D eigenvalue weighted by molar-refractivity contribution is 5.79. The molecule has 138 valence electrons. The van der Waals surface area contributed by atoms with Crippen LogP contribution in [0.5, 0.6) is 0 Å². The summed E-state index contributed by atoms with van der Waals surface area (Å²) < 4.78 is 0. The van der Waals surface area contributed by atoms with Gasteiger partial charge < -0.3 is 10.2 Å². The Morgan fingerprint density at radius 3 is 2.44 bits per heavy atom. The quantitative estimate of drug-likeness (QED) is 0.788. The van der Waals surface area contributed by atoms with Crippen molar-refractivity contribution >= 4 is 5.91 Å². The fourth-order valence-corrected chi connectivity index (χ4v) is 3.76. The molecule has 0 unspecified atom stereocenters. The predicted octanol–water partition coefficient (Wildman–Crippen LogP) is 2.81. The molecule has 1 heterocycles. The van der Waals surface area contributed by atoms with Crippen molar-refractivity contribution in [2.24, 2.45) is 5.92 Å². The molecule has 4 nitrogen and oxygen atoms in total. The Balaban J connectivity index is 1.49. The number of benzene rings is 1. The third-order valence-electron chi connectivity index (χ3n) is 5.65. The normalized spacial score (nSPS) is 19.1. The molecule has 2 fully saturated rings. The number of hydrogen-bond donors (Lipinski definition) is 1. The third-order valence-corrected chi connectivity index (χ3v) is 5.65. The van der Waals surface area contributed by atoms with E-state index in [1.54, 1.807) is 0 Å². The summed E-state index contributed by atoms with van der Waals surface area (Å²) in [6.07, 6.45) is 6.07. The smallest absolute Gasteiger partial charge is 0.237 e. The topological polar surface area (TPSA) is 35.6 Å². The van der Waals surface area contributed by atoms with Gasteiger partial charge in [0.2, 0.25) is 5.91 Å². The van der Waals surface area contributed by atoms with Gasteiger partial charge in [-0.05, 0) is 77.2 Å². The number of aryl methyl sites for hydroxylation is 1. The van der Waals surface area contributed by atoms with E-state index in [2.05, 4.69) is 46.3 Å². The molecule has 2 aliphatic rings. The molecular formula is C21H33N3O. The van der Waals surface area contributed by atoms with Gasteiger partial charge in [0.1, 0.15) is 0 Å². The van der Waals surface area contributed by atoms with Gasteiger partial charge in [-0.2, -0.15) is 0 Å². The molecule has 0 atom stereocenters. The lowest BCUT2D eigenvalue weighted by Gasteiger charge is -2.33. The van der Waals surface area contributed by atoms with Gasteiger partial charge in [0.25, 0.3) is 0 Å². The lowest BCUT2D eigenvalue weighted by molar-refractivity contribution is -0.134. The maximum absolute atomic E-state index is 12.9. The second kappa shape index (κ2) is 8.81. The molecule has 1 aliphatic carbocycles. The lowest BCUT2D eigenvalue weighted by atomic mass is 9.93. The molecule has 0 spiro atoms. The first-order chi connectivity index (χ1) is 12.2. The molecule has 1 saturated carbocycles. The minimum absolute atomic E-state index is 0.316. The van der Waals surface area contributed by atoms with Gasteiger partial charge in [0, 0.05) is 12.6 Å². The van der Waals surface area contributed by atoms with Gasteiger partial charge >= 0.3 is 0 Å². The number of hydrogen-bond acceptors (Lipinski definition) is 3. The van der Waals surface area contributed by atoms with Gasteiger partial charge in [-0.1, -0.05) is 29.8 Å². The Morgan fingerprint density at radius 2 is 1.84 bits per heavy atom. The summed E-state index contributed by atoms with van der Waals surface area (Å²) in [6, 6.07) is 9.07. The predicted molar refractivity (Wildman–Crippen MR) is 102 cm³/mol. The van der Waals surface area contributed by atoms with E-state index in [4.69, 9.17) is 0 Å². The van der Waals surface area contributed by atoms with Crippen molar-refractivity contribution in [3.8, 4) is 0 Å². The molecule has 1 amide bonds. The van der Waals surface area contributed by atoms with Gasteiger partial charge in [0.15, 0.2) is 0 Å². The Labute approximate surface area is 152 Å². The minimum Gasteiger partial charge on any atom is -0.334 e. The van der Waals surface area contributed by atoms with E-state index in [0.717, 1.165) is 32.1 Å². The maximum Gasteiger partial charge on any atom is 0.237 e. The highest BCUT2D eigenvalue weighted by atomic mass is 16.2. The SMILES string of the molecule is CNCCC1CCN(CC(=O)N(Cc2ccc(C)cc2)C2CC2)CC1. The molecule has 1 aromatic rings. The molecule has 25 heavy (non-hydrogen) atoms. The summed E-state index contributed by atoms with van der Waals surface area (Å²) in [7, 11) is 2.02. The summed E-state index contributed by atoms with van der Waals surface area (Å²) in [6.45, 7) is 6.72. The maximum atomic E-state index is 12.9. The van der Waals surface area contributed by atoms with E-state index < -0.39 is 0 Å². The van der Waals surface area contributed by atoms with Crippen LogP contribution in [0.4, 0.5) is 0 Å². The van der Waals surface area contributed by atoms with E-state index in [0.29, 0.717) is 18.5 Å². The Kier molecular flexibility index (Phi) is 6.49. The lowest BCUT2D eigenvalue weighted by Crippen LogP contribution is -2.44. The van der Waals surface area contributed by atoms with E-state index >= 15 is 0 Å². The highest BCUT2D eigenvalue weighted by Gasteiger charge is 2.33.